The van der Waals surface area contributed by atoms with Gasteiger partial charge >= 0.3 is 12.2 Å². The van der Waals surface area contributed by atoms with Gasteiger partial charge in [-0.25, -0.2) is 4.79 Å². The van der Waals surface area contributed by atoms with E-state index in [2.05, 4.69) is 5.32 Å². The minimum Gasteiger partial charge on any atom is -0.337 e. The number of hydrogen-bond donors (Lipinski definition) is 1. The maximum absolute atomic E-state index is 12.3. The molecular weight excluding hydrogens is 291 g/mol. The van der Waals surface area contributed by atoms with E-state index in [1.54, 1.807) is 16.7 Å². The largest absolute Gasteiger partial charge is 0.401 e. The van der Waals surface area contributed by atoms with E-state index in [1.165, 1.54) is 4.90 Å². The summed E-state index contributed by atoms with van der Waals surface area (Å²) in [5, 5.41) is 3.15. The number of hydrogen-bond acceptors (Lipinski definition) is 3. The summed E-state index contributed by atoms with van der Waals surface area (Å²) in [6, 6.07) is -0.181. The van der Waals surface area contributed by atoms with E-state index >= 15 is 0 Å². The third-order valence-electron chi connectivity index (χ3n) is 3.22. The number of carbonyl (C=O) groups excluding carboxylic acids is 1. The zero-order valence-corrected chi connectivity index (χ0v) is 12.7. The normalized spacial score (nSPS) is 19.6. The van der Waals surface area contributed by atoms with Gasteiger partial charge in [0.2, 0.25) is 0 Å². The van der Waals surface area contributed by atoms with Gasteiger partial charge in [-0.15, -0.1) is 0 Å². The van der Waals surface area contributed by atoms with Crippen LogP contribution in [0.25, 0.3) is 0 Å². The summed E-state index contributed by atoms with van der Waals surface area (Å²) >= 11 is 1.66. The maximum atomic E-state index is 12.3. The summed E-state index contributed by atoms with van der Waals surface area (Å²) in [7, 11) is 0. The molecule has 0 radical (unpaired) electrons. The lowest BCUT2D eigenvalue weighted by molar-refractivity contribution is -0.145. The fourth-order valence-corrected chi connectivity index (χ4v) is 2.26. The molecule has 0 aromatic carbocycles. The summed E-state index contributed by atoms with van der Waals surface area (Å²) in [6.45, 7) is 3.19. The first-order valence-electron chi connectivity index (χ1n) is 6.66. The summed E-state index contributed by atoms with van der Waals surface area (Å²) in [5.74, 6) is 0. The second-order valence-corrected chi connectivity index (χ2v) is 6.24. The molecule has 0 aromatic heterocycles. The molecule has 4 nitrogen and oxygen atoms in total. The van der Waals surface area contributed by atoms with Gasteiger partial charge in [0.25, 0.3) is 0 Å². The molecule has 118 valence electrons. The average molecular weight is 313 g/mol. The van der Waals surface area contributed by atoms with Gasteiger partial charge in [0.1, 0.15) is 0 Å². The van der Waals surface area contributed by atoms with Crippen LogP contribution in [-0.2, 0) is 0 Å². The Bertz CT molecular complexity index is 315. The van der Waals surface area contributed by atoms with Gasteiger partial charge in [0.05, 0.1) is 6.54 Å². The van der Waals surface area contributed by atoms with E-state index in [9.17, 15) is 18.0 Å². The Kier molecular flexibility index (Phi) is 6.94. The molecule has 1 aliphatic heterocycles. The van der Waals surface area contributed by atoms with Crippen molar-refractivity contribution in [1.29, 1.82) is 0 Å². The molecule has 0 aliphatic carbocycles. The van der Waals surface area contributed by atoms with Gasteiger partial charge in [-0.3, -0.25) is 4.90 Å². The molecular formula is C12H22F3N3OS. The highest BCUT2D eigenvalue weighted by Crippen LogP contribution is 2.17. The minimum atomic E-state index is -4.18. The van der Waals surface area contributed by atoms with Crippen LogP contribution in [0.4, 0.5) is 18.0 Å². The second-order valence-electron chi connectivity index (χ2n) is 4.96. The van der Waals surface area contributed by atoms with Gasteiger partial charge in [-0.1, -0.05) is 6.92 Å². The van der Waals surface area contributed by atoms with E-state index in [4.69, 9.17) is 0 Å². The number of urea groups is 1. The van der Waals surface area contributed by atoms with Crippen molar-refractivity contribution >= 4 is 17.8 Å². The predicted molar refractivity (Wildman–Crippen MR) is 75.1 cm³/mol. The molecule has 1 rings (SSSR count). The van der Waals surface area contributed by atoms with Crippen molar-refractivity contribution < 1.29 is 18.0 Å². The third kappa shape index (κ3) is 6.69. The van der Waals surface area contributed by atoms with Crippen LogP contribution in [0, 0.1) is 0 Å². The van der Waals surface area contributed by atoms with Gasteiger partial charge in [0.15, 0.2) is 0 Å². The lowest BCUT2D eigenvalue weighted by atomic mass is 10.4. The molecule has 1 fully saturated rings. The Balaban J connectivity index is 2.37. The van der Waals surface area contributed by atoms with Gasteiger partial charge in [-0.05, 0) is 12.7 Å². The quantitative estimate of drug-likeness (QED) is 0.862. The molecule has 1 aliphatic rings. The highest BCUT2D eigenvalue weighted by atomic mass is 32.2. The first-order valence-corrected chi connectivity index (χ1v) is 7.95. The molecule has 0 aromatic rings. The second kappa shape index (κ2) is 7.97. The topological polar surface area (TPSA) is 35.6 Å². The first kappa shape index (κ1) is 17.4. The maximum Gasteiger partial charge on any atom is 0.401 e. The van der Waals surface area contributed by atoms with Gasteiger partial charge in [0, 0.05) is 38.0 Å². The Morgan fingerprint density at radius 2 is 2.00 bits per heavy atom. The van der Waals surface area contributed by atoms with Crippen LogP contribution in [-0.4, -0.2) is 72.8 Å². The summed E-state index contributed by atoms with van der Waals surface area (Å²) in [4.78, 5) is 14.9. The molecule has 1 unspecified atom stereocenters. The zero-order valence-electron chi connectivity index (χ0n) is 11.9. The molecule has 1 saturated heterocycles. The number of halogens is 3. The van der Waals surface area contributed by atoms with Crippen LogP contribution >= 0.6 is 11.8 Å². The molecule has 0 saturated carbocycles. The van der Waals surface area contributed by atoms with Crippen LogP contribution in [0.2, 0.25) is 0 Å². The number of carbonyl (C=O) groups is 1. The molecule has 8 heteroatoms. The van der Waals surface area contributed by atoms with Crippen LogP contribution in [0.15, 0.2) is 0 Å². The Labute approximate surface area is 122 Å². The predicted octanol–water partition coefficient (Wildman–Crippen LogP) is 2.02. The molecule has 1 N–H and O–H groups in total. The van der Waals surface area contributed by atoms with E-state index in [-0.39, 0.29) is 12.6 Å². The van der Waals surface area contributed by atoms with Crippen LogP contribution in [0.3, 0.4) is 0 Å². The van der Waals surface area contributed by atoms with Gasteiger partial charge in [-0.2, -0.15) is 24.9 Å². The van der Waals surface area contributed by atoms with Crippen LogP contribution in [0.5, 0.6) is 0 Å². The van der Waals surface area contributed by atoms with Crippen molar-refractivity contribution in [3.05, 3.63) is 0 Å². The van der Waals surface area contributed by atoms with E-state index < -0.39 is 12.7 Å². The lowest BCUT2D eigenvalue weighted by Gasteiger charge is -2.23. The van der Waals surface area contributed by atoms with Gasteiger partial charge < -0.3 is 10.2 Å². The van der Waals surface area contributed by atoms with Crippen LogP contribution < -0.4 is 5.32 Å². The standard InChI is InChI=1S/C12H22F3N3OS/c1-10(20-2)8-16-11(19)18-5-3-4-17(6-7-18)9-12(13,14)15/h10H,3-9H2,1-2H3,(H,16,19). The number of nitrogens with zero attached hydrogens (tertiary/aromatic N) is 2. The summed E-state index contributed by atoms with van der Waals surface area (Å²) in [5.41, 5.74) is 0. The Morgan fingerprint density at radius 1 is 1.30 bits per heavy atom. The molecule has 2 amide bonds. The SMILES string of the molecule is CSC(C)CNC(=O)N1CCCN(CC(F)(F)F)CC1. The molecule has 0 spiro atoms. The van der Waals surface area contributed by atoms with Crippen molar-refractivity contribution in [3.63, 3.8) is 0 Å². The number of amides is 2. The molecule has 0 bridgehead atoms. The highest BCUT2D eigenvalue weighted by Gasteiger charge is 2.31. The van der Waals surface area contributed by atoms with E-state index in [0.717, 1.165) is 0 Å². The van der Waals surface area contributed by atoms with Crippen molar-refractivity contribution in [2.24, 2.45) is 0 Å². The lowest BCUT2D eigenvalue weighted by Crippen LogP contribution is -2.44. The van der Waals surface area contributed by atoms with E-state index in [1.807, 2.05) is 13.2 Å². The fourth-order valence-electron chi connectivity index (χ4n) is 2.01. The number of nitrogens with one attached hydrogen (secondary N) is 1. The fraction of sp³-hybridized carbons (Fsp3) is 0.917. The first-order chi connectivity index (χ1) is 9.31. The Morgan fingerprint density at radius 3 is 2.60 bits per heavy atom. The number of alkyl halides is 3. The number of rotatable bonds is 4. The number of thioether (sulfide) groups is 1. The molecule has 20 heavy (non-hydrogen) atoms. The summed E-state index contributed by atoms with van der Waals surface area (Å²) < 4.78 is 37.0. The highest BCUT2D eigenvalue weighted by molar-refractivity contribution is 7.99. The Hall–Kier alpha value is -0.630. The smallest absolute Gasteiger partial charge is 0.337 e. The average Bonchev–Trinajstić information content (AvgIpc) is 2.59. The molecule has 1 atom stereocenters. The third-order valence-corrected chi connectivity index (χ3v) is 4.19. The van der Waals surface area contributed by atoms with Crippen molar-refractivity contribution in [3.8, 4) is 0 Å². The van der Waals surface area contributed by atoms with E-state index in [0.29, 0.717) is 37.8 Å². The van der Waals surface area contributed by atoms with Crippen molar-refractivity contribution in [2.75, 3.05) is 45.5 Å². The monoisotopic (exact) mass is 313 g/mol. The van der Waals surface area contributed by atoms with Crippen molar-refractivity contribution in [1.82, 2.24) is 15.1 Å². The minimum absolute atomic E-state index is 0.181. The molecule has 1 heterocycles. The van der Waals surface area contributed by atoms with Crippen LogP contribution in [0.1, 0.15) is 13.3 Å². The zero-order chi connectivity index (χ0) is 15.2. The summed E-state index contributed by atoms with van der Waals surface area (Å²) in [6.07, 6.45) is -1.63. The van der Waals surface area contributed by atoms with Crippen molar-refractivity contribution in [2.45, 2.75) is 24.8 Å².